The number of carbonyl (C=O) groups is 1. The van der Waals surface area contributed by atoms with Crippen molar-refractivity contribution in [1.29, 1.82) is 0 Å². The number of nitrogens with zero attached hydrogens (tertiary/aromatic N) is 1. The van der Waals surface area contributed by atoms with Crippen LogP contribution in [0.5, 0.6) is 0 Å². The third kappa shape index (κ3) is 4.95. The average molecular weight is 476 g/mol. The summed E-state index contributed by atoms with van der Waals surface area (Å²) >= 11 is 0. The summed E-state index contributed by atoms with van der Waals surface area (Å²) in [5, 5.41) is 4.88. The van der Waals surface area contributed by atoms with Gasteiger partial charge in [-0.25, -0.2) is 8.42 Å². The van der Waals surface area contributed by atoms with Crippen LogP contribution in [0.15, 0.2) is 70.7 Å². The van der Waals surface area contributed by atoms with Gasteiger partial charge in [0.1, 0.15) is 6.04 Å². The summed E-state index contributed by atoms with van der Waals surface area (Å²) in [6.45, 7) is 3.92. The Morgan fingerprint density at radius 3 is 2.65 bits per heavy atom. The van der Waals surface area contributed by atoms with Crippen LogP contribution in [0.2, 0.25) is 0 Å². The molecule has 3 aromatic rings. The summed E-state index contributed by atoms with van der Waals surface area (Å²) in [6, 6.07) is 13.2. The van der Waals surface area contributed by atoms with E-state index in [1.54, 1.807) is 49.6 Å². The van der Waals surface area contributed by atoms with Crippen LogP contribution < -0.4 is 21.5 Å². The van der Waals surface area contributed by atoms with Crippen molar-refractivity contribution in [2.24, 2.45) is 5.73 Å². The number of carbonyl (C=O) groups excluding carboxylic acids is 1. The molecule has 0 saturated carbocycles. The first-order valence-electron chi connectivity index (χ1n) is 11.4. The summed E-state index contributed by atoms with van der Waals surface area (Å²) in [7, 11) is -3.62. The number of hydrogen-bond donors (Lipinski definition) is 2. The lowest BCUT2D eigenvalue weighted by atomic mass is 10.00. The first kappa shape index (κ1) is 23.9. The molecule has 7 heteroatoms. The number of pyridine rings is 1. The molecule has 0 saturated heterocycles. The van der Waals surface area contributed by atoms with Gasteiger partial charge < -0.3 is 11.1 Å². The van der Waals surface area contributed by atoms with Crippen molar-refractivity contribution in [2.75, 3.05) is 0 Å². The van der Waals surface area contributed by atoms with Gasteiger partial charge in [-0.3, -0.25) is 9.78 Å². The van der Waals surface area contributed by atoms with Crippen molar-refractivity contribution < 1.29 is 13.2 Å². The third-order valence-corrected chi connectivity index (χ3v) is 8.12. The molecule has 1 amide bonds. The van der Waals surface area contributed by atoms with Gasteiger partial charge in [0.15, 0.2) is 0 Å². The molecule has 3 N–H and O–H groups in total. The molecule has 1 atom stereocenters. The highest BCUT2D eigenvalue weighted by Crippen LogP contribution is 2.25. The number of hydrogen-bond acceptors (Lipinski definition) is 5. The predicted molar refractivity (Wildman–Crippen MR) is 133 cm³/mol. The van der Waals surface area contributed by atoms with Gasteiger partial charge in [-0.1, -0.05) is 30.3 Å². The van der Waals surface area contributed by atoms with Gasteiger partial charge in [-0.2, -0.15) is 0 Å². The summed E-state index contributed by atoms with van der Waals surface area (Å²) in [5.41, 5.74) is 9.63. The fourth-order valence-corrected chi connectivity index (χ4v) is 5.81. The quantitative estimate of drug-likeness (QED) is 0.570. The van der Waals surface area contributed by atoms with E-state index >= 15 is 0 Å². The molecule has 1 unspecified atom stereocenters. The van der Waals surface area contributed by atoms with E-state index in [0.29, 0.717) is 10.5 Å². The summed E-state index contributed by atoms with van der Waals surface area (Å²) in [5.74, 6) is -0.265. The van der Waals surface area contributed by atoms with Gasteiger partial charge in [0, 0.05) is 24.2 Å². The zero-order chi connectivity index (χ0) is 24.3. The highest BCUT2D eigenvalue weighted by atomic mass is 32.2. The Labute approximate surface area is 200 Å². The van der Waals surface area contributed by atoms with Crippen molar-refractivity contribution in [3.05, 3.63) is 88.1 Å². The van der Waals surface area contributed by atoms with E-state index in [0.717, 1.165) is 46.4 Å². The van der Waals surface area contributed by atoms with E-state index in [2.05, 4.69) is 16.4 Å². The highest BCUT2D eigenvalue weighted by Gasteiger charge is 2.21. The molecule has 0 aliphatic heterocycles. The molecule has 4 rings (SSSR count). The maximum absolute atomic E-state index is 13.1. The molecule has 0 spiro atoms. The van der Waals surface area contributed by atoms with Crippen molar-refractivity contribution in [3.63, 3.8) is 0 Å². The summed E-state index contributed by atoms with van der Waals surface area (Å²) in [6.07, 6.45) is 8.29. The van der Waals surface area contributed by atoms with Crippen LogP contribution in [-0.2, 0) is 21.2 Å². The van der Waals surface area contributed by atoms with Crippen LogP contribution in [0.3, 0.4) is 0 Å². The topological polar surface area (TPSA) is 102 Å². The monoisotopic (exact) mass is 475 g/mol. The molecule has 0 radical (unpaired) electrons. The maximum Gasteiger partial charge on any atom is 0.241 e. The zero-order valence-corrected chi connectivity index (χ0v) is 20.2. The van der Waals surface area contributed by atoms with Gasteiger partial charge in [0.2, 0.25) is 15.7 Å². The normalized spacial score (nSPS) is 14.5. The lowest BCUT2D eigenvalue weighted by Crippen LogP contribution is -2.44. The number of aryl methyl sites for hydroxylation is 2. The molecule has 1 aliphatic carbocycles. The lowest BCUT2D eigenvalue weighted by Gasteiger charge is -2.16. The lowest BCUT2D eigenvalue weighted by molar-refractivity contribution is -0.121. The largest absolute Gasteiger partial charge is 0.350 e. The number of benzene rings is 2. The number of amides is 1. The third-order valence-electron chi connectivity index (χ3n) is 6.21. The minimum Gasteiger partial charge on any atom is -0.350 e. The Morgan fingerprint density at radius 2 is 1.88 bits per heavy atom. The molecule has 34 heavy (non-hydrogen) atoms. The first-order valence-corrected chi connectivity index (χ1v) is 12.8. The van der Waals surface area contributed by atoms with Crippen molar-refractivity contribution in [3.8, 4) is 0 Å². The SMILES string of the molecule is Cc1ccc(C)c(S(=O)(=O)c2ccc(CNC(=O)C(N)C3=c4cnccc4=CCCC3)cc2)c1. The molecule has 1 aliphatic rings. The Balaban J connectivity index is 1.48. The van der Waals surface area contributed by atoms with Crippen LogP contribution >= 0.6 is 0 Å². The van der Waals surface area contributed by atoms with E-state index < -0.39 is 15.9 Å². The minimum atomic E-state index is -3.62. The average Bonchev–Trinajstić information content (AvgIpc) is 3.06. The van der Waals surface area contributed by atoms with Crippen LogP contribution in [0.1, 0.15) is 36.0 Å². The number of aromatic nitrogens is 1. The summed E-state index contributed by atoms with van der Waals surface area (Å²) in [4.78, 5) is 17.6. The number of nitrogens with two attached hydrogens (primary N) is 1. The van der Waals surface area contributed by atoms with Crippen LogP contribution in [0, 0.1) is 13.8 Å². The highest BCUT2D eigenvalue weighted by molar-refractivity contribution is 7.91. The fourth-order valence-electron chi connectivity index (χ4n) is 4.23. The Bertz CT molecular complexity index is 1450. The second-order valence-electron chi connectivity index (χ2n) is 8.70. The first-order chi connectivity index (χ1) is 16.3. The molecule has 0 bridgehead atoms. The van der Waals surface area contributed by atoms with Crippen LogP contribution in [0.25, 0.3) is 11.6 Å². The molecule has 1 aromatic heterocycles. The molecule has 176 valence electrons. The van der Waals surface area contributed by atoms with Crippen molar-refractivity contribution >= 4 is 27.4 Å². The van der Waals surface area contributed by atoms with Crippen molar-refractivity contribution in [2.45, 2.75) is 55.5 Å². The molecular formula is C27H29N3O3S. The Morgan fingerprint density at radius 1 is 1.12 bits per heavy atom. The van der Waals surface area contributed by atoms with Gasteiger partial charge >= 0.3 is 0 Å². The Hall–Kier alpha value is -3.29. The number of fused-ring (bicyclic) bond motifs is 1. The van der Waals surface area contributed by atoms with Crippen molar-refractivity contribution in [1.82, 2.24) is 10.3 Å². The second-order valence-corrected chi connectivity index (χ2v) is 10.6. The summed E-state index contributed by atoms with van der Waals surface area (Å²) < 4.78 is 26.2. The Kier molecular flexibility index (Phi) is 6.95. The number of nitrogens with one attached hydrogen (secondary N) is 1. The molecule has 0 fully saturated rings. The standard InChI is InChI=1S/C27H29N3O3S/c1-18-7-8-19(2)25(15-18)34(32,33)22-11-9-20(10-12-22)16-30-27(31)26(28)23-6-4-3-5-21-13-14-29-17-24(21)23/h5,7-15,17,26H,3-4,6,16,28H2,1-2H3,(H,30,31). The maximum atomic E-state index is 13.1. The molecule has 6 nitrogen and oxygen atoms in total. The molecule has 1 heterocycles. The number of rotatable bonds is 6. The van der Waals surface area contributed by atoms with E-state index in [1.807, 2.05) is 25.1 Å². The number of sulfone groups is 1. The smallest absolute Gasteiger partial charge is 0.241 e. The van der Waals surface area contributed by atoms with Gasteiger partial charge in [-0.05, 0) is 84.9 Å². The van der Waals surface area contributed by atoms with Gasteiger partial charge in [0.25, 0.3) is 0 Å². The second kappa shape index (κ2) is 9.91. The van der Waals surface area contributed by atoms with E-state index in [-0.39, 0.29) is 17.3 Å². The fraction of sp³-hybridized carbons (Fsp3) is 0.259. The van der Waals surface area contributed by atoms with Gasteiger partial charge in [-0.15, -0.1) is 0 Å². The van der Waals surface area contributed by atoms with E-state index in [9.17, 15) is 13.2 Å². The van der Waals surface area contributed by atoms with E-state index in [1.165, 1.54) is 0 Å². The van der Waals surface area contributed by atoms with E-state index in [4.69, 9.17) is 5.73 Å². The van der Waals surface area contributed by atoms with Crippen LogP contribution in [-0.4, -0.2) is 25.4 Å². The zero-order valence-electron chi connectivity index (χ0n) is 19.4. The predicted octanol–water partition coefficient (Wildman–Crippen LogP) is 2.29. The molecule has 2 aromatic carbocycles. The minimum absolute atomic E-state index is 0.224. The van der Waals surface area contributed by atoms with Crippen LogP contribution in [0.4, 0.5) is 0 Å². The molecular weight excluding hydrogens is 446 g/mol. The van der Waals surface area contributed by atoms with Gasteiger partial charge in [0.05, 0.1) is 9.79 Å².